The van der Waals surface area contributed by atoms with Gasteiger partial charge in [0.05, 0.1) is 13.0 Å². The van der Waals surface area contributed by atoms with Gasteiger partial charge in [-0.1, -0.05) is 6.07 Å². The maximum atomic E-state index is 13.7. The first-order valence-electron chi connectivity index (χ1n) is 8.27. The summed E-state index contributed by atoms with van der Waals surface area (Å²) in [5, 5.41) is 2.79. The van der Waals surface area contributed by atoms with E-state index in [1.165, 1.54) is 19.2 Å². The van der Waals surface area contributed by atoms with Crippen LogP contribution in [0, 0.1) is 11.7 Å². The second kappa shape index (κ2) is 7.72. The standard InChI is InChI=1S/C18H25FN2O4/c1-18(2,3)25-17(23)21-8-7-13(11-21)16(22)20-10-12-5-6-15(24-4)14(19)9-12/h5-6,9,13H,7-8,10-11H2,1-4H3,(H,20,22). The van der Waals surface area contributed by atoms with Crippen molar-refractivity contribution in [3.63, 3.8) is 0 Å². The summed E-state index contributed by atoms with van der Waals surface area (Å²) >= 11 is 0. The van der Waals surface area contributed by atoms with Gasteiger partial charge in [-0.15, -0.1) is 0 Å². The summed E-state index contributed by atoms with van der Waals surface area (Å²) in [6.07, 6.45) is 0.183. The summed E-state index contributed by atoms with van der Waals surface area (Å²) in [6.45, 7) is 6.46. The average Bonchev–Trinajstić information content (AvgIpc) is 3.01. The number of likely N-dealkylation sites (tertiary alicyclic amines) is 1. The summed E-state index contributed by atoms with van der Waals surface area (Å²) in [4.78, 5) is 25.8. The molecule has 25 heavy (non-hydrogen) atoms. The molecule has 1 heterocycles. The van der Waals surface area contributed by atoms with Gasteiger partial charge in [0.25, 0.3) is 0 Å². The number of amides is 2. The highest BCUT2D eigenvalue weighted by atomic mass is 19.1. The third kappa shape index (κ3) is 5.34. The molecule has 2 rings (SSSR count). The van der Waals surface area contributed by atoms with Crippen LogP contribution in [0.15, 0.2) is 18.2 Å². The molecule has 1 N–H and O–H groups in total. The molecule has 0 radical (unpaired) electrons. The van der Waals surface area contributed by atoms with Crippen LogP contribution in [0.4, 0.5) is 9.18 Å². The summed E-state index contributed by atoms with van der Waals surface area (Å²) in [5.74, 6) is -0.733. The third-order valence-corrected chi connectivity index (χ3v) is 3.89. The number of halogens is 1. The van der Waals surface area contributed by atoms with Crippen molar-refractivity contribution in [1.29, 1.82) is 0 Å². The van der Waals surface area contributed by atoms with E-state index in [9.17, 15) is 14.0 Å². The number of carbonyl (C=O) groups excluding carboxylic acids is 2. The van der Waals surface area contributed by atoms with Crippen LogP contribution in [0.2, 0.25) is 0 Å². The lowest BCUT2D eigenvalue weighted by molar-refractivity contribution is -0.124. The van der Waals surface area contributed by atoms with E-state index in [0.717, 1.165) is 0 Å². The van der Waals surface area contributed by atoms with Gasteiger partial charge < -0.3 is 19.7 Å². The number of rotatable bonds is 4. The minimum Gasteiger partial charge on any atom is -0.494 e. The van der Waals surface area contributed by atoms with Crippen molar-refractivity contribution in [3.05, 3.63) is 29.6 Å². The van der Waals surface area contributed by atoms with E-state index in [0.29, 0.717) is 25.1 Å². The van der Waals surface area contributed by atoms with Gasteiger partial charge in [-0.25, -0.2) is 9.18 Å². The molecule has 1 aliphatic rings. The molecule has 1 atom stereocenters. The number of nitrogens with one attached hydrogen (secondary N) is 1. The van der Waals surface area contributed by atoms with E-state index < -0.39 is 17.5 Å². The number of hydrogen-bond acceptors (Lipinski definition) is 4. The van der Waals surface area contributed by atoms with Crippen LogP contribution in [0.1, 0.15) is 32.8 Å². The SMILES string of the molecule is COc1ccc(CNC(=O)C2CCN(C(=O)OC(C)(C)C)C2)cc1F. The zero-order valence-electron chi connectivity index (χ0n) is 15.1. The predicted molar refractivity (Wildman–Crippen MR) is 90.7 cm³/mol. The van der Waals surface area contributed by atoms with Gasteiger partial charge in [-0.05, 0) is 44.9 Å². The molecule has 0 aliphatic carbocycles. The number of nitrogens with zero attached hydrogens (tertiary/aromatic N) is 1. The van der Waals surface area contributed by atoms with Gasteiger partial charge in [0.15, 0.2) is 11.6 Å². The smallest absolute Gasteiger partial charge is 0.410 e. The van der Waals surface area contributed by atoms with Crippen LogP contribution in [0.25, 0.3) is 0 Å². The molecule has 6 nitrogen and oxygen atoms in total. The Bertz CT molecular complexity index is 642. The summed E-state index contributed by atoms with van der Waals surface area (Å²) in [7, 11) is 1.40. The van der Waals surface area contributed by atoms with Gasteiger partial charge in [0, 0.05) is 19.6 Å². The molecule has 1 unspecified atom stereocenters. The highest BCUT2D eigenvalue weighted by Crippen LogP contribution is 2.20. The minimum atomic E-state index is -0.560. The van der Waals surface area contributed by atoms with E-state index >= 15 is 0 Å². The minimum absolute atomic E-state index is 0.151. The fourth-order valence-corrected chi connectivity index (χ4v) is 2.62. The highest BCUT2D eigenvalue weighted by Gasteiger charge is 2.33. The Morgan fingerprint density at radius 2 is 2.08 bits per heavy atom. The maximum absolute atomic E-state index is 13.7. The summed E-state index contributed by atoms with van der Waals surface area (Å²) in [6, 6.07) is 4.56. The fraction of sp³-hybridized carbons (Fsp3) is 0.556. The zero-order chi connectivity index (χ0) is 18.6. The Morgan fingerprint density at radius 1 is 1.36 bits per heavy atom. The predicted octanol–water partition coefficient (Wildman–Crippen LogP) is 2.71. The van der Waals surface area contributed by atoms with E-state index in [1.54, 1.807) is 31.7 Å². The van der Waals surface area contributed by atoms with E-state index in [1.807, 2.05) is 0 Å². The van der Waals surface area contributed by atoms with Crippen LogP contribution < -0.4 is 10.1 Å². The van der Waals surface area contributed by atoms with Crippen LogP contribution in [0.3, 0.4) is 0 Å². The molecule has 138 valence electrons. The van der Waals surface area contributed by atoms with Gasteiger partial charge >= 0.3 is 6.09 Å². The normalized spacial score (nSPS) is 17.3. The fourth-order valence-electron chi connectivity index (χ4n) is 2.62. The van der Waals surface area contributed by atoms with Crippen LogP contribution in [0.5, 0.6) is 5.75 Å². The van der Waals surface area contributed by atoms with Crippen LogP contribution in [-0.2, 0) is 16.1 Å². The third-order valence-electron chi connectivity index (χ3n) is 3.89. The van der Waals surface area contributed by atoms with Crippen molar-refractivity contribution in [3.8, 4) is 5.75 Å². The molecule has 1 saturated heterocycles. The Labute approximate surface area is 147 Å². The Hall–Kier alpha value is -2.31. The largest absolute Gasteiger partial charge is 0.494 e. The van der Waals surface area contributed by atoms with Gasteiger partial charge in [0.2, 0.25) is 5.91 Å². The van der Waals surface area contributed by atoms with E-state index in [2.05, 4.69) is 5.32 Å². The summed E-state index contributed by atoms with van der Waals surface area (Å²) < 4.78 is 23.8. The quantitative estimate of drug-likeness (QED) is 0.905. The Morgan fingerprint density at radius 3 is 2.68 bits per heavy atom. The second-order valence-electron chi connectivity index (χ2n) is 7.10. The lowest BCUT2D eigenvalue weighted by atomic mass is 10.1. The van der Waals surface area contributed by atoms with Gasteiger partial charge in [-0.3, -0.25) is 4.79 Å². The molecule has 7 heteroatoms. The molecule has 1 aromatic rings. The molecule has 0 spiro atoms. The average molecular weight is 352 g/mol. The van der Waals surface area contributed by atoms with Crippen molar-refractivity contribution in [2.75, 3.05) is 20.2 Å². The first-order chi connectivity index (χ1) is 11.7. The monoisotopic (exact) mass is 352 g/mol. The Balaban J connectivity index is 1.84. The highest BCUT2D eigenvalue weighted by molar-refractivity contribution is 5.80. The van der Waals surface area contributed by atoms with Crippen molar-refractivity contribution < 1.29 is 23.5 Å². The van der Waals surface area contributed by atoms with Crippen molar-refractivity contribution in [1.82, 2.24) is 10.2 Å². The zero-order valence-corrected chi connectivity index (χ0v) is 15.1. The molecule has 0 saturated carbocycles. The first kappa shape index (κ1) is 19.0. The number of ether oxygens (including phenoxy) is 2. The van der Waals surface area contributed by atoms with Crippen molar-refractivity contribution in [2.24, 2.45) is 5.92 Å². The van der Waals surface area contributed by atoms with Crippen LogP contribution in [-0.4, -0.2) is 42.7 Å². The van der Waals surface area contributed by atoms with Gasteiger partial charge in [-0.2, -0.15) is 0 Å². The molecule has 2 amide bonds. The van der Waals surface area contributed by atoms with Crippen molar-refractivity contribution >= 4 is 12.0 Å². The molecule has 0 bridgehead atoms. The van der Waals surface area contributed by atoms with E-state index in [-0.39, 0.29) is 24.1 Å². The molecule has 1 fully saturated rings. The molecular weight excluding hydrogens is 327 g/mol. The lowest BCUT2D eigenvalue weighted by Gasteiger charge is -2.24. The number of benzene rings is 1. The van der Waals surface area contributed by atoms with E-state index in [4.69, 9.17) is 9.47 Å². The molecule has 1 aliphatic heterocycles. The van der Waals surface area contributed by atoms with Crippen molar-refractivity contribution in [2.45, 2.75) is 39.3 Å². The second-order valence-corrected chi connectivity index (χ2v) is 7.10. The molecular formula is C18H25FN2O4. The molecule has 0 aromatic heterocycles. The topological polar surface area (TPSA) is 67.9 Å². The number of hydrogen-bond donors (Lipinski definition) is 1. The Kier molecular flexibility index (Phi) is 5.87. The number of carbonyl (C=O) groups is 2. The van der Waals surface area contributed by atoms with Crippen LogP contribution >= 0.6 is 0 Å². The summed E-state index contributed by atoms with van der Waals surface area (Å²) in [5.41, 5.74) is 0.0872. The maximum Gasteiger partial charge on any atom is 0.410 e. The molecule has 1 aromatic carbocycles. The first-order valence-corrected chi connectivity index (χ1v) is 8.27. The van der Waals surface area contributed by atoms with Gasteiger partial charge in [0.1, 0.15) is 5.60 Å². The lowest BCUT2D eigenvalue weighted by Crippen LogP contribution is -2.37. The number of methoxy groups -OCH3 is 1.